The van der Waals surface area contributed by atoms with Gasteiger partial charge in [0.15, 0.2) is 11.5 Å². The van der Waals surface area contributed by atoms with Crippen LogP contribution in [0.1, 0.15) is 11.7 Å². The van der Waals surface area contributed by atoms with Gasteiger partial charge in [0.2, 0.25) is 5.43 Å². The number of hydrogen-bond acceptors (Lipinski definition) is 10. The van der Waals surface area contributed by atoms with Crippen molar-refractivity contribution < 1.29 is 44.9 Å². The van der Waals surface area contributed by atoms with Crippen LogP contribution in [0, 0.1) is 0 Å². The smallest absolute Gasteiger partial charge is 0.203 e. The van der Waals surface area contributed by atoms with Crippen LogP contribution in [-0.2, 0) is 4.74 Å². The van der Waals surface area contributed by atoms with Crippen molar-refractivity contribution in [3.8, 4) is 34.3 Å². The fourth-order valence-electron chi connectivity index (χ4n) is 3.50. The zero-order valence-electron chi connectivity index (χ0n) is 15.3. The van der Waals surface area contributed by atoms with Crippen LogP contribution in [0.4, 0.5) is 0 Å². The molecular formula is C20H18O10. The molecule has 2 aromatic carbocycles. The molecule has 3 aromatic rings. The lowest BCUT2D eigenvalue weighted by molar-refractivity contribution is -0.189. The summed E-state index contributed by atoms with van der Waals surface area (Å²) in [5, 5.41) is 69.3. The molecule has 1 saturated heterocycles. The molecule has 1 fully saturated rings. The summed E-state index contributed by atoms with van der Waals surface area (Å²) < 4.78 is 11.1. The summed E-state index contributed by atoms with van der Waals surface area (Å²) >= 11 is 0. The Bertz CT molecular complexity index is 1180. The van der Waals surface area contributed by atoms with E-state index in [1.165, 1.54) is 6.07 Å². The lowest BCUT2D eigenvalue weighted by atomic mass is 9.91. The predicted octanol–water partition coefficient (Wildman–Crippen LogP) is 0.436. The van der Waals surface area contributed by atoms with Gasteiger partial charge in [0.25, 0.3) is 0 Å². The number of phenols is 4. The molecule has 4 rings (SSSR count). The third kappa shape index (κ3) is 3.12. The highest BCUT2D eigenvalue weighted by Gasteiger charge is 2.41. The summed E-state index contributed by atoms with van der Waals surface area (Å²) in [6.45, 7) is -0.387. The van der Waals surface area contributed by atoms with Crippen molar-refractivity contribution in [2.75, 3.05) is 6.61 Å². The van der Waals surface area contributed by atoms with Crippen LogP contribution in [-0.4, -0.2) is 60.7 Å². The van der Waals surface area contributed by atoms with Crippen molar-refractivity contribution in [1.82, 2.24) is 0 Å². The topological polar surface area (TPSA) is 181 Å². The third-order valence-electron chi connectivity index (χ3n) is 5.02. The van der Waals surface area contributed by atoms with Gasteiger partial charge in [-0.15, -0.1) is 0 Å². The number of ether oxygens (including phenoxy) is 1. The second-order valence-corrected chi connectivity index (χ2v) is 7.02. The Labute approximate surface area is 168 Å². The summed E-state index contributed by atoms with van der Waals surface area (Å²) in [7, 11) is 0. The minimum Gasteiger partial charge on any atom is -0.508 e. The summed E-state index contributed by atoms with van der Waals surface area (Å²) in [5.74, 6) is -2.08. The molecule has 158 valence electrons. The van der Waals surface area contributed by atoms with Crippen molar-refractivity contribution in [3.63, 3.8) is 0 Å². The van der Waals surface area contributed by atoms with E-state index in [0.717, 1.165) is 24.3 Å². The number of benzene rings is 2. The Kier molecular flexibility index (Phi) is 4.79. The first-order chi connectivity index (χ1) is 14.2. The van der Waals surface area contributed by atoms with Crippen molar-refractivity contribution >= 4 is 11.0 Å². The molecule has 0 spiro atoms. The van der Waals surface area contributed by atoms with Crippen LogP contribution in [0.25, 0.3) is 22.3 Å². The molecule has 0 radical (unpaired) electrons. The molecule has 1 aliphatic heterocycles. The van der Waals surface area contributed by atoms with Crippen molar-refractivity contribution in [1.29, 1.82) is 0 Å². The van der Waals surface area contributed by atoms with Gasteiger partial charge in [-0.1, -0.05) is 0 Å². The molecule has 4 atom stereocenters. The Balaban J connectivity index is 2.04. The Morgan fingerprint density at radius 3 is 2.30 bits per heavy atom. The van der Waals surface area contributed by atoms with Crippen LogP contribution in [0.15, 0.2) is 39.5 Å². The average Bonchev–Trinajstić information content (AvgIpc) is 2.68. The molecule has 2 heterocycles. The monoisotopic (exact) mass is 418 g/mol. The third-order valence-corrected chi connectivity index (χ3v) is 5.02. The van der Waals surface area contributed by atoms with Crippen LogP contribution in [0.5, 0.6) is 23.0 Å². The fraction of sp³-hybridized carbons (Fsp3) is 0.250. The maximum atomic E-state index is 13.3. The second kappa shape index (κ2) is 7.18. The van der Waals surface area contributed by atoms with Crippen molar-refractivity contribution in [3.05, 3.63) is 46.1 Å². The minimum absolute atomic E-state index is 0.110. The van der Waals surface area contributed by atoms with Gasteiger partial charge >= 0.3 is 0 Å². The molecule has 0 unspecified atom stereocenters. The van der Waals surface area contributed by atoms with Gasteiger partial charge in [0.1, 0.15) is 52.6 Å². The summed E-state index contributed by atoms with van der Waals surface area (Å²) in [6.07, 6.45) is -6.15. The number of rotatable bonds is 2. The molecule has 10 heteroatoms. The molecule has 30 heavy (non-hydrogen) atoms. The number of fused-ring (bicyclic) bond motifs is 1. The van der Waals surface area contributed by atoms with E-state index < -0.39 is 47.1 Å². The van der Waals surface area contributed by atoms with Crippen LogP contribution < -0.4 is 5.43 Å². The highest BCUT2D eigenvalue weighted by atomic mass is 16.5. The van der Waals surface area contributed by atoms with Gasteiger partial charge in [-0.05, 0) is 18.2 Å². The molecule has 0 bridgehead atoms. The van der Waals surface area contributed by atoms with Gasteiger partial charge in [-0.25, -0.2) is 0 Å². The number of aromatic hydroxyl groups is 4. The van der Waals surface area contributed by atoms with E-state index in [4.69, 9.17) is 9.15 Å². The molecule has 1 aliphatic rings. The normalized spacial score (nSPS) is 24.2. The summed E-state index contributed by atoms with van der Waals surface area (Å²) in [4.78, 5) is 13.3. The van der Waals surface area contributed by atoms with Crippen LogP contribution in [0.3, 0.4) is 0 Å². The number of aliphatic hydroxyl groups is 3. The average molecular weight is 418 g/mol. The van der Waals surface area contributed by atoms with E-state index >= 15 is 0 Å². The zero-order valence-corrected chi connectivity index (χ0v) is 15.3. The van der Waals surface area contributed by atoms with E-state index in [-0.39, 0.29) is 40.2 Å². The Morgan fingerprint density at radius 2 is 1.60 bits per heavy atom. The molecule has 0 aliphatic carbocycles. The SMILES string of the molecule is O=c1c([C@@H]2OC[C@@H](O)[C@H](O)[C@H]2O)c(-c2ccc(O)c(O)c2)oc2cc(O)cc(O)c12. The van der Waals surface area contributed by atoms with E-state index in [2.05, 4.69) is 0 Å². The zero-order chi connectivity index (χ0) is 21.7. The van der Waals surface area contributed by atoms with Crippen LogP contribution in [0.2, 0.25) is 0 Å². The molecule has 0 amide bonds. The van der Waals surface area contributed by atoms with E-state index in [1.54, 1.807) is 0 Å². The van der Waals surface area contributed by atoms with Gasteiger partial charge < -0.3 is 44.9 Å². The molecule has 0 saturated carbocycles. The van der Waals surface area contributed by atoms with Gasteiger partial charge in [0, 0.05) is 17.7 Å². The first kappa shape index (κ1) is 20.0. The Morgan fingerprint density at radius 1 is 0.867 bits per heavy atom. The van der Waals surface area contributed by atoms with Crippen molar-refractivity contribution in [2.24, 2.45) is 0 Å². The number of hydrogen-bond donors (Lipinski definition) is 7. The second-order valence-electron chi connectivity index (χ2n) is 7.02. The maximum absolute atomic E-state index is 13.3. The highest BCUT2D eigenvalue weighted by molar-refractivity contribution is 5.87. The van der Waals surface area contributed by atoms with E-state index in [0.29, 0.717) is 0 Å². The summed E-state index contributed by atoms with van der Waals surface area (Å²) in [6, 6.07) is 5.61. The van der Waals surface area contributed by atoms with E-state index in [1.807, 2.05) is 0 Å². The number of aliphatic hydroxyl groups excluding tert-OH is 3. The molecular weight excluding hydrogens is 400 g/mol. The maximum Gasteiger partial charge on any atom is 0.203 e. The molecule has 1 aromatic heterocycles. The van der Waals surface area contributed by atoms with Gasteiger partial charge in [-0.2, -0.15) is 0 Å². The first-order valence-electron chi connectivity index (χ1n) is 8.90. The fourth-order valence-corrected chi connectivity index (χ4v) is 3.50. The highest BCUT2D eigenvalue weighted by Crippen LogP contribution is 2.40. The molecule has 7 N–H and O–H groups in total. The largest absolute Gasteiger partial charge is 0.508 e. The minimum atomic E-state index is -1.71. The van der Waals surface area contributed by atoms with Crippen LogP contribution >= 0.6 is 0 Å². The van der Waals surface area contributed by atoms with Gasteiger partial charge in [-0.3, -0.25) is 4.79 Å². The van der Waals surface area contributed by atoms with E-state index in [9.17, 15) is 40.5 Å². The van der Waals surface area contributed by atoms with Crippen molar-refractivity contribution in [2.45, 2.75) is 24.4 Å². The standard InChI is InChI=1S/C20H18O10/c21-8-4-11(24)14-13(5-8)30-19(7-1-2-9(22)10(23)3-7)15(17(14)27)20-18(28)16(26)12(25)6-29-20/h1-5,12,16,18,20-26,28H,6H2/t12-,16+,18-,20+/m1/s1. The lowest BCUT2D eigenvalue weighted by Crippen LogP contribution is -2.50. The Hall–Kier alpha value is -3.31. The number of phenolic OH excluding ortho intramolecular Hbond substituents is 4. The quantitative estimate of drug-likeness (QED) is 0.288. The predicted molar refractivity (Wildman–Crippen MR) is 101 cm³/mol. The summed E-state index contributed by atoms with van der Waals surface area (Å²) in [5.41, 5.74) is -1.18. The van der Waals surface area contributed by atoms with Gasteiger partial charge in [0.05, 0.1) is 12.2 Å². The lowest BCUT2D eigenvalue weighted by Gasteiger charge is -2.35. The molecule has 10 nitrogen and oxygen atoms in total. The first-order valence-corrected chi connectivity index (χ1v) is 8.90.